The molecule has 2 heterocycles. The van der Waals surface area contributed by atoms with Crippen LogP contribution in [0.1, 0.15) is 53.6 Å². The number of halogens is 1. The summed E-state index contributed by atoms with van der Waals surface area (Å²) in [5, 5.41) is 7.61. The van der Waals surface area contributed by atoms with Crippen molar-refractivity contribution in [3.05, 3.63) is 76.3 Å². The van der Waals surface area contributed by atoms with Crippen LogP contribution in [0.3, 0.4) is 0 Å². The summed E-state index contributed by atoms with van der Waals surface area (Å²) in [5.41, 5.74) is 4.44. The molecule has 4 aromatic rings. The predicted molar refractivity (Wildman–Crippen MR) is 191 cm³/mol. The van der Waals surface area contributed by atoms with Gasteiger partial charge in [0.2, 0.25) is 11.7 Å². The molecule has 11 heteroatoms. The molecule has 1 fully saturated rings. The Morgan fingerprint density at radius 1 is 1.00 bits per heavy atom. The van der Waals surface area contributed by atoms with Crippen LogP contribution in [0.4, 0.5) is 5.95 Å². The highest BCUT2D eigenvalue weighted by Gasteiger charge is 2.25. The maximum absolute atomic E-state index is 13.5. The van der Waals surface area contributed by atoms with E-state index in [9.17, 15) is 4.79 Å². The second-order valence-electron chi connectivity index (χ2n) is 12.1. The molecule has 1 amide bonds. The van der Waals surface area contributed by atoms with Crippen molar-refractivity contribution < 1.29 is 23.7 Å². The number of rotatable bonds is 16. The summed E-state index contributed by atoms with van der Waals surface area (Å²) in [6, 6.07) is 18.2. The lowest BCUT2D eigenvalue weighted by Crippen LogP contribution is -2.40. The molecule has 1 unspecified atom stereocenters. The van der Waals surface area contributed by atoms with E-state index in [1.807, 2.05) is 32.0 Å². The molecule has 1 saturated heterocycles. The molecule has 0 radical (unpaired) electrons. The summed E-state index contributed by atoms with van der Waals surface area (Å²) in [6.45, 7) is 9.36. The fraction of sp³-hybridized carbons (Fsp3) is 0.459. The molecule has 1 aliphatic heterocycles. The second kappa shape index (κ2) is 16.9. The zero-order valence-corrected chi connectivity index (χ0v) is 29.4. The minimum Gasteiger partial charge on any atom is -0.493 e. The lowest BCUT2D eigenvalue weighted by Gasteiger charge is -2.33. The number of benzene rings is 3. The fourth-order valence-electron chi connectivity index (χ4n) is 6.50. The van der Waals surface area contributed by atoms with Gasteiger partial charge in [0.15, 0.2) is 11.5 Å². The van der Waals surface area contributed by atoms with Crippen LogP contribution in [0, 0.1) is 6.92 Å². The second-order valence-corrected chi connectivity index (χ2v) is 12.5. The zero-order chi connectivity index (χ0) is 34.0. The van der Waals surface area contributed by atoms with Crippen molar-refractivity contribution in [1.82, 2.24) is 19.8 Å². The number of anilines is 1. The molecule has 0 bridgehead atoms. The Morgan fingerprint density at radius 2 is 1.73 bits per heavy atom. The Balaban J connectivity index is 1.21. The van der Waals surface area contributed by atoms with Crippen LogP contribution in [-0.2, 0) is 11.3 Å². The number of aromatic nitrogens is 2. The van der Waals surface area contributed by atoms with Crippen LogP contribution < -0.4 is 24.8 Å². The number of likely N-dealkylation sites (tertiary alicyclic amines) is 1. The first-order chi connectivity index (χ1) is 23.4. The molecule has 0 spiro atoms. The highest BCUT2D eigenvalue weighted by Crippen LogP contribution is 2.41. The lowest BCUT2D eigenvalue weighted by atomic mass is 9.94. The molecule has 2 N–H and O–H groups in total. The molecule has 3 aromatic carbocycles. The topological polar surface area (TPSA) is 99.1 Å². The monoisotopic (exact) mass is 677 g/mol. The predicted octanol–water partition coefficient (Wildman–Crippen LogP) is 6.54. The summed E-state index contributed by atoms with van der Waals surface area (Å²) in [5.74, 6) is 2.22. The van der Waals surface area contributed by atoms with Crippen molar-refractivity contribution in [2.75, 3.05) is 66.0 Å². The standard InChI is InChI=1S/C37H48ClN5O5/c1-6-48-22-21-43-32-10-8-7-9-31(32)41-37(43)40-29-16-19-42(20-17-29)18-15-27(26-11-13-28(38)14-12-26)24-39-36(44)30-23-33(45-3)35(47-5)34(46-4)25(30)2/h7-14,23,27,29H,6,15-22,24H2,1-5H3,(H,39,44)(H,40,41). The number of hydrogen-bond acceptors (Lipinski definition) is 8. The van der Waals surface area contributed by atoms with E-state index in [0.29, 0.717) is 59.2 Å². The van der Waals surface area contributed by atoms with Crippen molar-refractivity contribution in [3.63, 3.8) is 0 Å². The summed E-state index contributed by atoms with van der Waals surface area (Å²) in [7, 11) is 4.66. The number of fused-ring (bicyclic) bond motifs is 1. The Labute approximate surface area is 288 Å². The van der Waals surface area contributed by atoms with Crippen LogP contribution >= 0.6 is 11.6 Å². The van der Waals surface area contributed by atoms with Crippen LogP contribution in [0.5, 0.6) is 17.2 Å². The van der Waals surface area contributed by atoms with E-state index < -0.39 is 0 Å². The van der Waals surface area contributed by atoms with Crippen LogP contribution in [0.25, 0.3) is 11.0 Å². The molecule has 0 saturated carbocycles. The van der Waals surface area contributed by atoms with E-state index >= 15 is 0 Å². The van der Waals surface area contributed by atoms with E-state index in [2.05, 4.69) is 50.4 Å². The summed E-state index contributed by atoms with van der Waals surface area (Å²) >= 11 is 6.23. The van der Waals surface area contributed by atoms with Gasteiger partial charge in [0.1, 0.15) is 0 Å². The minimum absolute atomic E-state index is 0.106. The number of amides is 1. The summed E-state index contributed by atoms with van der Waals surface area (Å²) in [6.07, 6.45) is 2.94. The number of hydrogen-bond donors (Lipinski definition) is 2. The van der Waals surface area contributed by atoms with Crippen LogP contribution in [0.2, 0.25) is 5.02 Å². The van der Waals surface area contributed by atoms with Gasteiger partial charge in [-0.25, -0.2) is 4.98 Å². The van der Waals surface area contributed by atoms with E-state index in [1.165, 1.54) is 0 Å². The third-order valence-corrected chi connectivity index (χ3v) is 9.46. The molecule has 1 atom stereocenters. The van der Waals surface area contributed by atoms with Gasteiger partial charge in [0, 0.05) is 60.9 Å². The maximum atomic E-state index is 13.5. The molecule has 258 valence electrons. The van der Waals surface area contributed by atoms with E-state index in [-0.39, 0.29) is 11.8 Å². The number of piperidine rings is 1. The van der Waals surface area contributed by atoms with Gasteiger partial charge in [-0.05, 0) is 75.5 Å². The quantitative estimate of drug-likeness (QED) is 0.129. The average molecular weight is 678 g/mol. The smallest absolute Gasteiger partial charge is 0.251 e. The molecule has 5 rings (SSSR count). The highest BCUT2D eigenvalue weighted by molar-refractivity contribution is 6.30. The Hall–Kier alpha value is -3.99. The third kappa shape index (κ3) is 8.35. The number of carbonyl (C=O) groups excluding carboxylic acids is 1. The van der Waals surface area contributed by atoms with Gasteiger partial charge < -0.3 is 39.0 Å². The number of imidazole rings is 1. The van der Waals surface area contributed by atoms with Gasteiger partial charge in [0.25, 0.3) is 5.91 Å². The van der Waals surface area contributed by atoms with Crippen molar-refractivity contribution in [2.24, 2.45) is 0 Å². The number of nitrogens with one attached hydrogen (secondary N) is 2. The van der Waals surface area contributed by atoms with Gasteiger partial charge >= 0.3 is 0 Å². The average Bonchev–Trinajstić information content (AvgIpc) is 3.45. The first-order valence-corrected chi connectivity index (χ1v) is 17.1. The maximum Gasteiger partial charge on any atom is 0.251 e. The first kappa shape index (κ1) is 35.3. The largest absolute Gasteiger partial charge is 0.493 e. The zero-order valence-electron chi connectivity index (χ0n) is 28.7. The minimum atomic E-state index is -0.190. The molecule has 1 aromatic heterocycles. The van der Waals surface area contributed by atoms with Crippen LogP contribution in [0.15, 0.2) is 54.6 Å². The van der Waals surface area contributed by atoms with Gasteiger partial charge in [-0.3, -0.25) is 4.79 Å². The van der Waals surface area contributed by atoms with E-state index in [0.717, 1.165) is 68.0 Å². The van der Waals surface area contributed by atoms with Crippen molar-refractivity contribution in [3.8, 4) is 17.2 Å². The van der Waals surface area contributed by atoms with Crippen molar-refractivity contribution >= 4 is 34.5 Å². The Morgan fingerprint density at radius 3 is 2.42 bits per heavy atom. The number of para-hydroxylation sites is 2. The lowest BCUT2D eigenvalue weighted by molar-refractivity contribution is 0.0948. The number of ether oxygens (including phenoxy) is 4. The molecule has 48 heavy (non-hydrogen) atoms. The van der Waals surface area contributed by atoms with Crippen molar-refractivity contribution in [2.45, 2.75) is 51.6 Å². The highest BCUT2D eigenvalue weighted by atomic mass is 35.5. The SMILES string of the molecule is CCOCCn1c(NC2CCN(CCC(CNC(=O)c3cc(OC)c(OC)c(OC)c3C)c3ccc(Cl)cc3)CC2)nc2ccccc21. The van der Waals surface area contributed by atoms with Gasteiger partial charge in [-0.2, -0.15) is 0 Å². The normalized spacial score (nSPS) is 14.5. The third-order valence-electron chi connectivity index (χ3n) is 9.21. The van der Waals surface area contributed by atoms with E-state index in [4.69, 9.17) is 35.5 Å². The molecule has 10 nitrogen and oxygen atoms in total. The number of nitrogens with zero attached hydrogens (tertiary/aromatic N) is 3. The number of methoxy groups -OCH3 is 3. The molecule has 0 aliphatic carbocycles. The molecule has 1 aliphatic rings. The Bertz CT molecular complexity index is 1650. The number of carbonyl (C=O) groups is 1. The molecular weight excluding hydrogens is 630 g/mol. The van der Waals surface area contributed by atoms with E-state index in [1.54, 1.807) is 27.4 Å². The van der Waals surface area contributed by atoms with Gasteiger partial charge in [-0.1, -0.05) is 35.9 Å². The van der Waals surface area contributed by atoms with Gasteiger partial charge in [-0.15, -0.1) is 0 Å². The van der Waals surface area contributed by atoms with Crippen LogP contribution in [-0.4, -0.2) is 87.1 Å². The van der Waals surface area contributed by atoms with Crippen molar-refractivity contribution in [1.29, 1.82) is 0 Å². The summed E-state index contributed by atoms with van der Waals surface area (Å²) < 4.78 is 24.5. The summed E-state index contributed by atoms with van der Waals surface area (Å²) in [4.78, 5) is 21.0. The first-order valence-electron chi connectivity index (χ1n) is 16.7. The Kier molecular flexibility index (Phi) is 12.4. The van der Waals surface area contributed by atoms with Gasteiger partial charge in [0.05, 0.1) is 39.0 Å². The fourth-order valence-corrected chi connectivity index (χ4v) is 6.63. The molecular formula is C37H48ClN5O5.